The van der Waals surface area contributed by atoms with Crippen LogP contribution in [-0.4, -0.2) is 50.3 Å². The lowest BCUT2D eigenvalue weighted by Crippen LogP contribution is -2.53. The number of nitrogen functional groups attached to an aromatic ring is 1. The summed E-state index contributed by atoms with van der Waals surface area (Å²) in [5, 5.41) is 10.8. The number of nitrogens with one attached hydrogen (secondary N) is 1. The fourth-order valence-corrected chi connectivity index (χ4v) is 3.79. The maximum atomic E-state index is 11.1. The highest BCUT2D eigenvalue weighted by molar-refractivity contribution is 9.10. The van der Waals surface area contributed by atoms with Gasteiger partial charge in [-0.15, -0.1) is 0 Å². The van der Waals surface area contributed by atoms with Crippen molar-refractivity contribution in [3.8, 4) is 0 Å². The molecule has 0 aromatic carbocycles. The Hall–Kier alpha value is -2.85. The lowest BCUT2D eigenvalue weighted by Gasteiger charge is -2.37. The molecular formula is C18H22BrN7O2. The number of fused-ring (bicyclic) bond motifs is 1. The Bertz CT molecular complexity index is 908. The van der Waals surface area contributed by atoms with E-state index in [2.05, 4.69) is 35.8 Å². The molecule has 4 heterocycles. The van der Waals surface area contributed by atoms with Crippen molar-refractivity contribution in [1.29, 1.82) is 0 Å². The number of anilines is 2. The first-order valence-corrected chi connectivity index (χ1v) is 9.56. The molecule has 1 atom stereocenters. The number of aromatic nitrogens is 3. The second kappa shape index (κ2) is 8.89. The third-order valence-electron chi connectivity index (χ3n) is 4.55. The Balaban J connectivity index is 0.000000320. The Labute approximate surface area is 170 Å². The Morgan fingerprint density at radius 1 is 1.36 bits per heavy atom. The molecule has 1 saturated heterocycles. The number of hydrogen-bond acceptors (Lipinski definition) is 6. The maximum absolute atomic E-state index is 11.1. The number of halogens is 1. The standard InChI is InChI=1S/C13H17BrN6O2.C5H5N/c14-8-4-17-12-10(9(15)5-18-12)11(8)19-3-1-2-7(6-19)20(16)13(21)22;1-2-4-6-5-3-1/h4-5,7H,1-3,6,15-16H2,(H,17,18)(H,21,22);1-5H/t7-;/m1./s1. The number of aromatic amines is 1. The van der Waals surface area contributed by atoms with Gasteiger partial charge < -0.3 is 20.7 Å². The molecule has 0 aliphatic carbocycles. The van der Waals surface area contributed by atoms with Gasteiger partial charge in [-0.05, 0) is 40.9 Å². The van der Waals surface area contributed by atoms with E-state index in [1.54, 1.807) is 24.8 Å². The predicted octanol–water partition coefficient (Wildman–Crippen LogP) is 2.81. The molecule has 1 amide bonds. The van der Waals surface area contributed by atoms with Gasteiger partial charge in [0.15, 0.2) is 0 Å². The normalized spacial score (nSPS) is 16.4. The molecule has 3 aromatic rings. The van der Waals surface area contributed by atoms with E-state index in [4.69, 9.17) is 16.7 Å². The zero-order valence-corrected chi connectivity index (χ0v) is 16.7. The average molecular weight is 448 g/mol. The van der Waals surface area contributed by atoms with Crippen LogP contribution in [0.5, 0.6) is 0 Å². The van der Waals surface area contributed by atoms with Gasteiger partial charge >= 0.3 is 6.09 Å². The van der Waals surface area contributed by atoms with Crippen LogP contribution in [0.3, 0.4) is 0 Å². The lowest BCUT2D eigenvalue weighted by atomic mass is 10.0. The summed E-state index contributed by atoms with van der Waals surface area (Å²) in [4.78, 5) is 24.3. The topological polar surface area (TPSA) is 137 Å². The van der Waals surface area contributed by atoms with E-state index >= 15 is 0 Å². The summed E-state index contributed by atoms with van der Waals surface area (Å²) in [5.74, 6) is 5.64. The first-order valence-electron chi connectivity index (χ1n) is 8.77. The number of carboxylic acid groups (broad SMARTS) is 1. The molecule has 0 radical (unpaired) electrons. The minimum absolute atomic E-state index is 0.249. The number of carbonyl (C=O) groups is 1. The number of hydrogen-bond donors (Lipinski definition) is 4. The lowest BCUT2D eigenvalue weighted by molar-refractivity contribution is 0.119. The molecule has 0 spiro atoms. The summed E-state index contributed by atoms with van der Waals surface area (Å²) in [6.45, 7) is 1.33. The smallest absolute Gasteiger partial charge is 0.421 e. The Morgan fingerprint density at radius 2 is 2.11 bits per heavy atom. The van der Waals surface area contributed by atoms with Crippen molar-refractivity contribution in [1.82, 2.24) is 20.0 Å². The third-order valence-corrected chi connectivity index (χ3v) is 5.13. The number of nitrogens with zero attached hydrogens (tertiary/aromatic N) is 4. The van der Waals surface area contributed by atoms with Gasteiger partial charge in [-0.1, -0.05) is 6.07 Å². The molecule has 148 valence electrons. The minimum atomic E-state index is -1.12. The molecule has 4 rings (SSSR count). The van der Waals surface area contributed by atoms with E-state index in [-0.39, 0.29) is 6.04 Å². The van der Waals surface area contributed by atoms with Gasteiger partial charge in [0.2, 0.25) is 0 Å². The van der Waals surface area contributed by atoms with Crippen LogP contribution in [0.1, 0.15) is 12.8 Å². The van der Waals surface area contributed by atoms with Gasteiger partial charge in [0.1, 0.15) is 5.65 Å². The molecule has 1 aliphatic rings. The van der Waals surface area contributed by atoms with Crippen LogP contribution in [0.25, 0.3) is 11.0 Å². The number of piperidine rings is 1. The van der Waals surface area contributed by atoms with E-state index in [1.165, 1.54) is 0 Å². The van der Waals surface area contributed by atoms with E-state index in [9.17, 15) is 4.79 Å². The molecule has 9 nitrogen and oxygen atoms in total. The summed E-state index contributed by atoms with van der Waals surface area (Å²) >= 11 is 3.52. The fourth-order valence-electron chi connectivity index (χ4n) is 3.24. The first kappa shape index (κ1) is 19.9. The molecular weight excluding hydrogens is 426 g/mol. The number of H-pyrrole nitrogens is 1. The molecule has 10 heteroatoms. The zero-order valence-electron chi connectivity index (χ0n) is 15.1. The van der Waals surface area contributed by atoms with Gasteiger partial charge in [0, 0.05) is 37.9 Å². The van der Waals surface area contributed by atoms with Crippen LogP contribution in [0, 0.1) is 0 Å². The molecule has 0 bridgehead atoms. The second-order valence-corrected chi connectivity index (χ2v) is 7.23. The number of nitrogens with two attached hydrogens (primary N) is 2. The maximum Gasteiger partial charge on any atom is 0.421 e. The predicted molar refractivity (Wildman–Crippen MR) is 112 cm³/mol. The number of rotatable bonds is 2. The summed E-state index contributed by atoms with van der Waals surface area (Å²) in [7, 11) is 0. The van der Waals surface area contributed by atoms with Gasteiger partial charge in [-0.25, -0.2) is 20.6 Å². The molecule has 28 heavy (non-hydrogen) atoms. The summed E-state index contributed by atoms with van der Waals surface area (Å²) in [5.41, 5.74) is 8.29. The molecule has 0 saturated carbocycles. The molecule has 1 fully saturated rings. The van der Waals surface area contributed by atoms with E-state index in [0.717, 1.165) is 39.9 Å². The van der Waals surface area contributed by atoms with Crippen LogP contribution in [0.2, 0.25) is 0 Å². The van der Waals surface area contributed by atoms with Crippen molar-refractivity contribution in [3.63, 3.8) is 0 Å². The van der Waals surface area contributed by atoms with Crippen LogP contribution in [0.4, 0.5) is 16.2 Å². The fraction of sp³-hybridized carbons (Fsp3) is 0.278. The highest BCUT2D eigenvalue weighted by Gasteiger charge is 2.29. The molecule has 3 aromatic heterocycles. The summed E-state index contributed by atoms with van der Waals surface area (Å²) in [6, 6.07) is 5.47. The van der Waals surface area contributed by atoms with E-state index < -0.39 is 6.09 Å². The summed E-state index contributed by atoms with van der Waals surface area (Å²) < 4.78 is 0.825. The highest BCUT2D eigenvalue weighted by Crippen LogP contribution is 2.37. The Kier molecular flexibility index (Phi) is 6.32. The first-order chi connectivity index (χ1) is 13.5. The Morgan fingerprint density at radius 3 is 2.71 bits per heavy atom. The van der Waals surface area contributed by atoms with Crippen molar-refractivity contribution in [3.05, 3.63) is 47.5 Å². The number of hydrazine groups is 1. The van der Waals surface area contributed by atoms with E-state index in [1.807, 2.05) is 18.2 Å². The summed E-state index contributed by atoms with van der Waals surface area (Å²) in [6.07, 6.45) is 7.41. The third kappa shape index (κ3) is 4.34. The zero-order chi connectivity index (χ0) is 20.1. The van der Waals surface area contributed by atoms with Crippen molar-refractivity contribution < 1.29 is 9.90 Å². The monoisotopic (exact) mass is 447 g/mol. The van der Waals surface area contributed by atoms with E-state index in [0.29, 0.717) is 17.9 Å². The van der Waals surface area contributed by atoms with Crippen molar-refractivity contribution in [2.75, 3.05) is 23.7 Å². The quantitative estimate of drug-likeness (QED) is 0.269. The van der Waals surface area contributed by atoms with Crippen molar-refractivity contribution >= 4 is 44.4 Å². The van der Waals surface area contributed by atoms with Crippen molar-refractivity contribution in [2.24, 2.45) is 5.84 Å². The largest absolute Gasteiger partial charge is 0.464 e. The van der Waals surface area contributed by atoms with Gasteiger partial charge in [-0.2, -0.15) is 0 Å². The minimum Gasteiger partial charge on any atom is -0.464 e. The number of pyridine rings is 2. The van der Waals surface area contributed by atoms with Gasteiger partial charge in [0.05, 0.1) is 27.3 Å². The van der Waals surface area contributed by atoms with Crippen LogP contribution in [-0.2, 0) is 0 Å². The highest BCUT2D eigenvalue weighted by atomic mass is 79.9. The molecule has 1 aliphatic heterocycles. The van der Waals surface area contributed by atoms with Crippen LogP contribution >= 0.6 is 15.9 Å². The van der Waals surface area contributed by atoms with Crippen LogP contribution < -0.4 is 16.5 Å². The molecule has 0 unspecified atom stereocenters. The van der Waals surface area contributed by atoms with Crippen molar-refractivity contribution in [2.45, 2.75) is 18.9 Å². The SMILES string of the molecule is Nc1c[nH]c2ncc(Br)c(N3CCC[C@@H](N(N)C(=O)O)C3)c12.c1ccncc1. The average Bonchev–Trinajstić information content (AvgIpc) is 3.10. The molecule has 6 N–H and O–H groups in total. The van der Waals surface area contributed by atoms with Crippen LogP contribution in [0.15, 0.2) is 47.5 Å². The number of amides is 1. The van der Waals surface area contributed by atoms with Gasteiger partial charge in [0.25, 0.3) is 0 Å². The van der Waals surface area contributed by atoms with Gasteiger partial charge in [-0.3, -0.25) is 4.98 Å². The second-order valence-electron chi connectivity index (χ2n) is 6.38.